The zero-order chi connectivity index (χ0) is 11.7. The Bertz CT molecular complexity index is 528. The van der Waals surface area contributed by atoms with Crippen molar-refractivity contribution in [2.45, 2.75) is 13.5 Å². The topological polar surface area (TPSA) is 63.8 Å². The summed E-state index contributed by atoms with van der Waals surface area (Å²) in [6.45, 7) is 1.55. The molecule has 2 aromatic rings. The molecule has 16 heavy (non-hydrogen) atoms. The summed E-state index contributed by atoms with van der Waals surface area (Å²) in [6.07, 6.45) is 2.47. The van der Waals surface area contributed by atoms with Gasteiger partial charge in [0.2, 0.25) is 5.28 Å². The van der Waals surface area contributed by atoms with E-state index in [4.69, 9.17) is 16.7 Å². The number of rotatable bonds is 2. The summed E-state index contributed by atoms with van der Waals surface area (Å²) in [5.74, 6) is -0.667. The molecule has 0 unspecified atom stereocenters. The Morgan fingerprint density at radius 2 is 2.31 bits per heavy atom. The van der Waals surface area contributed by atoms with Crippen LogP contribution in [0.1, 0.15) is 11.3 Å². The monoisotopic (exact) mass is 242 g/mol. The highest BCUT2D eigenvalue weighted by molar-refractivity contribution is 6.28. The van der Waals surface area contributed by atoms with Gasteiger partial charge in [-0.05, 0) is 18.5 Å². The molecule has 0 bridgehead atoms. The van der Waals surface area contributed by atoms with Crippen LogP contribution in [0.15, 0.2) is 12.4 Å². The quantitative estimate of drug-likeness (QED) is 0.806. The first kappa shape index (κ1) is 11.0. The lowest BCUT2D eigenvalue weighted by atomic mass is 10.3. The van der Waals surface area contributed by atoms with Crippen molar-refractivity contribution in [2.24, 2.45) is 0 Å². The van der Waals surface area contributed by atoms with Gasteiger partial charge in [0, 0.05) is 11.8 Å². The average Bonchev–Trinajstić information content (AvgIpc) is 2.63. The van der Waals surface area contributed by atoms with Crippen molar-refractivity contribution >= 4 is 11.6 Å². The number of hydrogen-bond donors (Lipinski definition) is 1. The van der Waals surface area contributed by atoms with E-state index >= 15 is 0 Å². The molecule has 0 spiro atoms. The fourth-order valence-corrected chi connectivity index (χ4v) is 1.39. The van der Waals surface area contributed by atoms with Crippen LogP contribution in [-0.4, -0.2) is 24.9 Å². The molecule has 2 rings (SSSR count). The average molecular weight is 243 g/mol. The third-order valence-corrected chi connectivity index (χ3v) is 2.27. The van der Waals surface area contributed by atoms with E-state index in [1.807, 2.05) is 0 Å². The van der Waals surface area contributed by atoms with Crippen LogP contribution in [0.3, 0.4) is 0 Å². The molecule has 0 saturated carbocycles. The normalized spacial score (nSPS) is 10.8. The van der Waals surface area contributed by atoms with E-state index < -0.39 is 5.82 Å². The first-order valence-corrected chi connectivity index (χ1v) is 4.84. The molecule has 0 amide bonds. The number of nitrogens with zero attached hydrogens (tertiary/aromatic N) is 4. The van der Waals surface area contributed by atoms with Crippen LogP contribution in [0.5, 0.6) is 0 Å². The lowest BCUT2D eigenvalue weighted by Crippen LogP contribution is -2.03. The number of halogens is 2. The molecule has 84 valence electrons. The zero-order valence-electron chi connectivity index (χ0n) is 8.35. The molecule has 0 aliphatic rings. The largest absolute Gasteiger partial charge is 0.392 e. The van der Waals surface area contributed by atoms with Crippen LogP contribution in [0.25, 0.3) is 5.82 Å². The zero-order valence-corrected chi connectivity index (χ0v) is 9.11. The van der Waals surface area contributed by atoms with Gasteiger partial charge in [0.05, 0.1) is 18.5 Å². The van der Waals surface area contributed by atoms with Gasteiger partial charge in [-0.1, -0.05) is 0 Å². The minimum atomic E-state index is -0.628. The Hall–Kier alpha value is -1.53. The minimum absolute atomic E-state index is 0.0391. The summed E-state index contributed by atoms with van der Waals surface area (Å²) in [5.41, 5.74) is 1.21. The van der Waals surface area contributed by atoms with Crippen molar-refractivity contribution in [1.82, 2.24) is 19.7 Å². The van der Waals surface area contributed by atoms with Crippen molar-refractivity contribution in [2.75, 3.05) is 0 Å². The van der Waals surface area contributed by atoms with E-state index in [0.717, 1.165) is 6.20 Å². The molecule has 0 saturated heterocycles. The molecule has 0 aliphatic heterocycles. The number of aryl methyl sites for hydroxylation is 1. The standard InChI is InChI=1S/C9H8ClFN4O/c1-5-6(4-16)3-15(14-5)8-7(11)2-12-9(10)13-8/h2-3,16H,4H2,1H3. The highest BCUT2D eigenvalue weighted by Crippen LogP contribution is 2.14. The van der Waals surface area contributed by atoms with Crippen molar-refractivity contribution in [3.63, 3.8) is 0 Å². The Morgan fingerprint density at radius 1 is 1.56 bits per heavy atom. The molecule has 7 heteroatoms. The third-order valence-electron chi connectivity index (χ3n) is 2.08. The molecular weight excluding hydrogens is 235 g/mol. The predicted octanol–water partition coefficient (Wildman–Crippen LogP) is 1.26. The minimum Gasteiger partial charge on any atom is -0.392 e. The molecule has 0 fully saturated rings. The van der Waals surface area contributed by atoms with Crippen molar-refractivity contribution in [1.29, 1.82) is 0 Å². The van der Waals surface area contributed by atoms with Crippen molar-refractivity contribution < 1.29 is 9.50 Å². The van der Waals surface area contributed by atoms with E-state index in [9.17, 15) is 4.39 Å². The van der Waals surface area contributed by atoms with Crippen LogP contribution >= 0.6 is 11.6 Å². The molecule has 0 radical (unpaired) electrons. The Labute approximate surface area is 95.5 Å². The molecular formula is C9H8ClFN4O. The van der Waals surface area contributed by atoms with Crippen LogP contribution in [0, 0.1) is 12.7 Å². The first-order chi connectivity index (χ1) is 7.61. The first-order valence-electron chi connectivity index (χ1n) is 4.46. The Kier molecular flexibility index (Phi) is 2.84. The fourth-order valence-electron chi connectivity index (χ4n) is 1.26. The SMILES string of the molecule is Cc1nn(-c2nc(Cl)ncc2F)cc1CO. The second-order valence-corrected chi connectivity index (χ2v) is 3.49. The van der Waals surface area contributed by atoms with Gasteiger partial charge >= 0.3 is 0 Å². The predicted molar refractivity (Wildman–Crippen MR) is 54.8 cm³/mol. The molecule has 5 nitrogen and oxygen atoms in total. The summed E-state index contributed by atoms with van der Waals surface area (Å²) in [4.78, 5) is 7.23. The summed E-state index contributed by atoms with van der Waals surface area (Å²) < 4.78 is 14.6. The highest BCUT2D eigenvalue weighted by Gasteiger charge is 2.11. The second kappa shape index (κ2) is 4.15. The van der Waals surface area contributed by atoms with Crippen molar-refractivity contribution in [3.05, 3.63) is 34.8 Å². The lowest BCUT2D eigenvalue weighted by Gasteiger charge is -2.00. The maximum absolute atomic E-state index is 13.4. The second-order valence-electron chi connectivity index (χ2n) is 3.15. The van der Waals surface area contributed by atoms with E-state index in [2.05, 4.69) is 15.1 Å². The molecule has 2 aromatic heterocycles. The third kappa shape index (κ3) is 1.89. The van der Waals surface area contributed by atoms with E-state index in [-0.39, 0.29) is 17.7 Å². The van der Waals surface area contributed by atoms with Crippen LogP contribution in [0.2, 0.25) is 5.28 Å². The van der Waals surface area contributed by atoms with Gasteiger partial charge in [0.15, 0.2) is 11.6 Å². The van der Waals surface area contributed by atoms with E-state index in [1.54, 1.807) is 6.92 Å². The number of hydrogen-bond acceptors (Lipinski definition) is 4. The number of aliphatic hydroxyl groups is 1. The number of aliphatic hydroxyl groups excluding tert-OH is 1. The summed E-state index contributed by atoms with van der Waals surface area (Å²) in [7, 11) is 0. The molecule has 2 heterocycles. The smallest absolute Gasteiger partial charge is 0.224 e. The maximum Gasteiger partial charge on any atom is 0.224 e. The van der Waals surface area contributed by atoms with Crippen LogP contribution in [-0.2, 0) is 6.61 Å². The van der Waals surface area contributed by atoms with Gasteiger partial charge < -0.3 is 5.11 Å². The lowest BCUT2D eigenvalue weighted by molar-refractivity contribution is 0.281. The van der Waals surface area contributed by atoms with Gasteiger partial charge in [-0.3, -0.25) is 0 Å². The summed E-state index contributed by atoms with van der Waals surface area (Å²) in [5, 5.41) is 13.0. The van der Waals surface area contributed by atoms with E-state index in [0.29, 0.717) is 11.3 Å². The van der Waals surface area contributed by atoms with Gasteiger partial charge in [-0.15, -0.1) is 0 Å². The highest BCUT2D eigenvalue weighted by atomic mass is 35.5. The molecule has 0 atom stereocenters. The van der Waals surface area contributed by atoms with Gasteiger partial charge in [-0.2, -0.15) is 10.1 Å². The van der Waals surface area contributed by atoms with Crippen LogP contribution < -0.4 is 0 Å². The van der Waals surface area contributed by atoms with Gasteiger partial charge in [0.25, 0.3) is 0 Å². The van der Waals surface area contributed by atoms with Gasteiger partial charge in [0.1, 0.15) is 0 Å². The van der Waals surface area contributed by atoms with Crippen LogP contribution in [0.4, 0.5) is 4.39 Å². The maximum atomic E-state index is 13.4. The van der Waals surface area contributed by atoms with Gasteiger partial charge in [-0.25, -0.2) is 14.1 Å². The Balaban J connectivity index is 2.53. The molecule has 0 aromatic carbocycles. The molecule has 1 N–H and O–H groups in total. The van der Waals surface area contributed by atoms with E-state index in [1.165, 1.54) is 10.9 Å². The number of aromatic nitrogens is 4. The summed E-state index contributed by atoms with van der Waals surface area (Å²) >= 11 is 5.57. The summed E-state index contributed by atoms with van der Waals surface area (Å²) in [6, 6.07) is 0. The van der Waals surface area contributed by atoms with Crippen molar-refractivity contribution in [3.8, 4) is 5.82 Å². The Morgan fingerprint density at radius 3 is 2.94 bits per heavy atom. The fraction of sp³-hybridized carbons (Fsp3) is 0.222. The molecule has 0 aliphatic carbocycles.